The molecule has 12 nitrogen and oxygen atoms in total. The molecule has 0 aliphatic rings. The van der Waals surface area contributed by atoms with Crippen LogP contribution in [0.2, 0.25) is 5.02 Å². The van der Waals surface area contributed by atoms with Crippen molar-refractivity contribution in [3.8, 4) is 11.5 Å². The Morgan fingerprint density at radius 2 is 1.78 bits per heavy atom. The molecule has 0 saturated heterocycles. The van der Waals surface area contributed by atoms with Crippen LogP contribution in [0.15, 0.2) is 60.9 Å². The number of hydrogen-bond acceptors (Lipinski definition) is 8. The van der Waals surface area contributed by atoms with Crippen LogP contribution >= 0.6 is 11.6 Å². The van der Waals surface area contributed by atoms with E-state index < -0.39 is 30.5 Å². The van der Waals surface area contributed by atoms with Crippen LogP contribution in [0.25, 0.3) is 0 Å². The highest BCUT2D eigenvalue weighted by Crippen LogP contribution is 2.23. The van der Waals surface area contributed by atoms with Gasteiger partial charge in [-0.05, 0) is 42.5 Å². The molecule has 1 atom stereocenters. The van der Waals surface area contributed by atoms with Crippen LogP contribution in [-0.4, -0.2) is 63.8 Å². The number of anilines is 2. The molecule has 3 aromatic rings. The molecule has 6 N–H and O–H groups in total. The standard InChI is InChI=1S/C23H23ClN6O6/c24-14-2-4-15(5-3-14)29-23(35)30-18(21(33)34)13-28-20(32)17-7-6-16(12-19(17)31)36-11-10-27-22-25-8-1-9-26-22/h1-9,12,18,31H,10-11,13H2,(H,28,32)(H,33,34)(H,25,26,27)(H2,29,30,35)/t18-/m0/s1. The van der Waals surface area contributed by atoms with Gasteiger partial charge in [0.15, 0.2) is 0 Å². The molecule has 0 aliphatic carbocycles. The number of ether oxygens (including phenoxy) is 1. The summed E-state index contributed by atoms with van der Waals surface area (Å²) in [5.41, 5.74) is 0.314. The summed E-state index contributed by atoms with van der Waals surface area (Å²) in [5.74, 6) is -1.67. The summed E-state index contributed by atoms with van der Waals surface area (Å²) in [7, 11) is 0. The van der Waals surface area contributed by atoms with Gasteiger partial charge in [-0.15, -0.1) is 0 Å². The Bertz CT molecular complexity index is 1200. The fraction of sp³-hybridized carbons (Fsp3) is 0.174. The lowest BCUT2D eigenvalue weighted by molar-refractivity contribution is -0.138. The average molecular weight is 515 g/mol. The van der Waals surface area contributed by atoms with E-state index in [1.54, 1.807) is 42.7 Å². The van der Waals surface area contributed by atoms with Gasteiger partial charge in [0.05, 0.1) is 12.1 Å². The Kier molecular flexibility index (Phi) is 9.23. The number of amides is 3. The molecule has 0 spiro atoms. The monoisotopic (exact) mass is 514 g/mol. The Balaban J connectivity index is 1.47. The second-order valence-electron chi connectivity index (χ2n) is 7.23. The Morgan fingerprint density at radius 3 is 2.44 bits per heavy atom. The third-order valence-electron chi connectivity index (χ3n) is 4.61. The molecule has 0 saturated carbocycles. The van der Waals surface area contributed by atoms with E-state index >= 15 is 0 Å². The number of carboxylic acids is 1. The summed E-state index contributed by atoms with van der Waals surface area (Å²) in [6.45, 7) is 0.225. The van der Waals surface area contributed by atoms with Gasteiger partial charge in [-0.25, -0.2) is 19.6 Å². The summed E-state index contributed by atoms with van der Waals surface area (Å²) in [6, 6.07) is 9.79. The predicted octanol–water partition coefficient (Wildman–Crippen LogP) is 2.33. The van der Waals surface area contributed by atoms with Gasteiger partial charge in [-0.2, -0.15) is 0 Å². The molecule has 1 aromatic heterocycles. The number of aromatic nitrogens is 2. The molecule has 3 amide bonds. The van der Waals surface area contributed by atoms with Crippen molar-refractivity contribution >= 4 is 41.1 Å². The van der Waals surface area contributed by atoms with Crippen molar-refractivity contribution in [3.05, 3.63) is 71.5 Å². The summed E-state index contributed by atoms with van der Waals surface area (Å²) < 4.78 is 5.52. The molecule has 0 aliphatic heterocycles. The summed E-state index contributed by atoms with van der Waals surface area (Å²) in [4.78, 5) is 44.1. The minimum absolute atomic E-state index is 0.0899. The number of aliphatic carboxylic acids is 1. The summed E-state index contributed by atoms with van der Waals surface area (Å²) in [5, 5.41) is 30.2. The number of carbonyl (C=O) groups is 3. The third-order valence-corrected chi connectivity index (χ3v) is 4.86. The van der Waals surface area contributed by atoms with Crippen molar-refractivity contribution in [2.45, 2.75) is 6.04 Å². The van der Waals surface area contributed by atoms with E-state index in [0.29, 0.717) is 29.0 Å². The molecular formula is C23H23ClN6O6. The van der Waals surface area contributed by atoms with Gasteiger partial charge >= 0.3 is 12.0 Å². The number of nitrogens with zero attached hydrogens (tertiary/aromatic N) is 2. The van der Waals surface area contributed by atoms with E-state index in [0.717, 1.165) is 0 Å². The zero-order chi connectivity index (χ0) is 25.9. The minimum Gasteiger partial charge on any atom is -0.507 e. The van der Waals surface area contributed by atoms with Crippen molar-refractivity contribution in [2.75, 3.05) is 30.3 Å². The molecule has 0 unspecified atom stereocenters. The number of rotatable bonds is 11. The summed E-state index contributed by atoms with van der Waals surface area (Å²) >= 11 is 5.79. The maximum atomic E-state index is 12.5. The highest BCUT2D eigenvalue weighted by Gasteiger charge is 2.22. The van der Waals surface area contributed by atoms with Gasteiger partial charge in [0.25, 0.3) is 5.91 Å². The number of urea groups is 1. The Morgan fingerprint density at radius 1 is 1.06 bits per heavy atom. The lowest BCUT2D eigenvalue weighted by Crippen LogP contribution is -2.49. The number of hydrogen-bond donors (Lipinski definition) is 6. The lowest BCUT2D eigenvalue weighted by atomic mass is 10.1. The minimum atomic E-state index is -1.42. The molecule has 2 aromatic carbocycles. The molecule has 36 heavy (non-hydrogen) atoms. The highest BCUT2D eigenvalue weighted by molar-refractivity contribution is 6.30. The topological polar surface area (TPSA) is 175 Å². The van der Waals surface area contributed by atoms with Crippen molar-refractivity contribution in [1.82, 2.24) is 20.6 Å². The van der Waals surface area contributed by atoms with E-state index in [-0.39, 0.29) is 17.9 Å². The molecule has 3 rings (SSSR count). The van der Waals surface area contributed by atoms with Gasteiger partial charge in [0, 0.05) is 35.7 Å². The second kappa shape index (κ2) is 12.8. The Labute approximate surface area is 210 Å². The van der Waals surface area contributed by atoms with Crippen LogP contribution in [-0.2, 0) is 4.79 Å². The largest absolute Gasteiger partial charge is 0.507 e. The molecule has 1 heterocycles. The van der Waals surface area contributed by atoms with Crippen molar-refractivity contribution in [1.29, 1.82) is 0 Å². The number of phenols is 1. The number of halogens is 1. The number of carbonyl (C=O) groups excluding carboxylic acids is 2. The maximum Gasteiger partial charge on any atom is 0.328 e. The van der Waals surface area contributed by atoms with Gasteiger partial charge in [-0.3, -0.25) is 4.79 Å². The van der Waals surface area contributed by atoms with Crippen LogP contribution < -0.4 is 26.0 Å². The predicted molar refractivity (Wildman–Crippen MR) is 131 cm³/mol. The lowest BCUT2D eigenvalue weighted by Gasteiger charge is -2.16. The van der Waals surface area contributed by atoms with Crippen LogP contribution in [0.3, 0.4) is 0 Å². The number of aromatic hydroxyl groups is 1. The molecule has 188 valence electrons. The normalized spacial score (nSPS) is 11.1. The van der Waals surface area contributed by atoms with Gasteiger partial charge in [0.2, 0.25) is 5.95 Å². The first kappa shape index (κ1) is 26.0. The van der Waals surface area contributed by atoms with Crippen molar-refractivity contribution in [2.24, 2.45) is 0 Å². The molecular weight excluding hydrogens is 492 g/mol. The fourth-order valence-electron chi connectivity index (χ4n) is 2.86. The zero-order valence-electron chi connectivity index (χ0n) is 18.8. The van der Waals surface area contributed by atoms with Crippen LogP contribution in [0, 0.1) is 0 Å². The van der Waals surface area contributed by atoms with Gasteiger partial charge < -0.3 is 36.2 Å². The first-order valence-electron chi connectivity index (χ1n) is 10.6. The van der Waals surface area contributed by atoms with E-state index in [9.17, 15) is 24.6 Å². The molecule has 0 fully saturated rings. The van der Waals surface area contributed by atoms with Crippen molar-refractivity contribution in [3.63, 3.8) is 0 Å². The molecule has 0 bridgehead atoms. The number of nitrogens with one attached hydrogen (secondary N) is 4. The smallest absolute Gasteiger partial charge is 0.328 e. The maximum absolute atomic E-state index is 12.5. The van der Waals surface area contributed by atoms with E-state index in [1.807, 2.05) is 0 Å². The van der Waals surface area contributed by atoms with Crippen LogP contribution in [0.4, 0.5) is 16.4 Å². The summed E-state index contributed by atoms with van der Waals surface area (Å²) in [6.07, 6.45) is 3.20. The highest BCUT2D eigenvalue weighted by atomic mass is 35.5. The zero-order valence-corrected chi connectivity index (χ0v) is 19.5. The fourth-order valence-corrected chi connectivity index (χ4v) is 2.99. The molecule has 13 heteroatoms. The average Bonchev–Trinajstić information content (AvgIpc) is 2.86. The van der Waals surface area contributed by atoms with Crippen LogP contribution in [0.1, 0.15) is 10.4 Å². The van der Waals surface area contributed by atoms with Gasteiger partial charge in [-0.1, -0.05) is 11.6 Å². The van der Waals surface area contributed by atoms with E-state index in [4.69, 9.17) is 16.3 Å². The van der Waals surface area contributed by atoms with Crippen molar-refractivity contribution < 1.29 is 29.3 Å². The molecule has 0 radical (unpaired) electrons. The second-order valence-corrected chi connectivity index (χ2v) is 7.67. The quantitative estimate of drug-likeness (QED) is 0.210. The van der Waals surface area contributed by atoms with E-state index in [1.165, 1.54) is 18.2 Å². The first-order valence-corrected chi connectivity index (χ1v) is 11.0. The SMILES string of the molecule is O=C(Nc1ccc(Cl)cc1)N[C@@H](CNC(=O)c1ccc(OCCNc2ncccn2)cc1O)C(=O)O. The first-order chi connectivity index (χ1) is 17.3. The van der Waals surface area contributed by atoms with Crippen LogP contribution in [0.5, 0.6) is 11.5 Å². The Hall–Kier alpha value is -4.58. The van der Waals surface area contributed by atoms with E-state index in [2.05, 4.69) is 31.2 Å². The van der Waals surface area contributed by atoms with Gasteiger partial charge in [0.1, 0.15) is 24.1 Å². The number of carboxylic acid groups (broad SMARTS) is 1. The third kappa shape index (κ3) is 8.02. The number of benzene rings is 2. The number of phenolic OH excluding ortho intramolecular Hbond substituents is 1.